The van der Waals surface area contributed by atoms with Gasteiger partial charge >= 0.3 is 0 Å². The summed E-state index contributed by atoms with van der Waals surface area (Å²) in [7, 11) is 5.62. The molecule has 4 N–H and O–H groups in total. The number of aromatic amines is 1. The molecule has 32 heavy (non-hydrogen) atoms. The van der Waals surface area contributed by atoms with E-state index in [9.17, 15) is 4.79 Å². The SMILES string of the molecule is COc1cc(N(C)C)ccc1-c1nc2ncc(Br)c(N[C@H]3[C@@H](C(N)=O)[C@@H]4C=C[C@H]3C4)c2[nH]1. The number of ether oxygens (including phenoxy) is 1. The van der Waals surface area contributed by atoms with Gasteiger partial charge < -0.3 is 25.7 Å². The number of H-pyrrole nitrogens is 1. The molecule has 2 aromatic heterocycles. The van der Waals surface area contributed by atoms with Crippen LogP contribution in [0, 0.1) is 17.8 Å². The van der Waals surface area contributed by atoms with Crippen LogP contribution in [0.1, 0.15) is 6.42 Å². The van der Waals surface area contributed by atoms with E-state index in [2.05, 4.69) is 43.4 Å². The Bertz CT molecular complexity index is 1240. The van der Waals surface area contributed by atoms with Crippen LogP contribution < -0.4 is 20.7 Å². The fourth-order valence-electron chi connectivity index (χ4n) is 4.93. The van der Waals surface area contributed by atoms with E-state index in [0.29, 0.717) is 11.5 Å². The number of aromatic nitrogens is 3. The quantitative estimate of drug-likeness (QED) is 0.450. The number of pyridine rings is 1. The molecule has 2 aliphatic carbocycles. The highest BCUT2D eigenvalue weighted by Crippen LogP contribution is 2.46. The van der Waals surface area contributed by atoms with Crippen molar-refractivity contribution in [3.8, 4) is 17.1 Å². The number of methoxy groups -OCH3 is 1. The van der Waals surface area contributed by atoms with Gasteiger partial charge in [-0.2, -0.15) is 0 Å². The highest BCUT2D eigenvalue weighted by Gasteiger charge is 2.47. The monoisotopic (exact) mass is 496 g/mol. The first-order chi connectivity index (χ1) is 15.4. The van der Waals surface area contributed by atoms with Crippen LogP contribution in [-0.2, 0) is 4.79 Å². The van der Waals surface area contributed by atoms with Gasteiger partial charge in [-0.25, -0.2) is 9.97 Å². The van der Waals surface area contributed by atoms with Crippen molar-refractivity contribution in [2.24, 2.45) is 23.5 Å². The second-order valence-corrected chi connectivity index (χ2v) is 9.45. The number of primary amides is 1. The maximum Gasteiger partial charge on any atom is 0.223 e. The molecule has 2 aliphatic rings. The van der Waals surface area contributed by atoms with Crippen molar-refractivity contribution < 1.29 is 9.53 Å². The van der Waals surface area contributed by atoms with Crippen molar-refractivity contribution in [3.63, 3.8) is 0 Å². The summed E-state index contributed by atoms with van der Waals surface area (Å²) in [5, 5.41) is 3.58. The molecule has 2 heterocycles. The number of allylic oxidation sites excluding steroid dienone is 1. The Kier molecular flexibility index (Phi) is 5.08. The highest BCUT2D eigenvalue weighted by atomic mass is 79.9. The van der Waals surface area contributed by atoms with Gasteiger partial charge in [-0.05, 0) is 46.3 Å². The van der Waals surface area contributed by atoms with Crippen molar-refractivity contribution >= 4 is 44.4 Å². The third kappa shape index (κ3) is 3.31. The van der Waals surface area contributed by atoms with Crippen LogP contribution in [0.5, 0.6) is 5.75 Å². The lowest BCUT2D eigenvalue weighted by Crippen LogP contribution is -2.41. The summed E-state index contributed by atoms with van der Waals surface area (Å²) in [6, 6.07) is 5.92. The Morgan fingerprint density at radius 3 is 2.81 bits per heavy atom. The van der Waals surface area contributed by atoms with Crippen molar-refractivity contribution in [2.45, 2.75) is 12.5 Å². The van der Waals surface area contributed by atoms with E-state index < -0.39 is 0 Å². The minimum absolute atomic E-state index is 0.0648. The summed E-state index contributed by atoms with van der Waals surface area (Å²) >= 11 is 3.62. The zero-order valence-electron chi connectivity index (χ0n) is 18.1. The predicted octanol–water partition coefficient (Wildman–Crippen LogP) is 3.55. The number of rotatable bonds is 6. The second kappa shape index (κ2) is 7.81. The number of hydrogen-bond acceptors (Lipinski definition) is 6. The standard InChI is InChI=1S/C23H25BrN6O2/c1-30(2)13-6-7-14(16(9-13)32-3)22-28-20-19(15(24)10-26-23(20)29-22)27-18-12-5-4-11(8-12)17(18)21(25)31/h4-7,9-12,17-18H,8H2,1-3H3,(H2,25,31)(H2,26,27,28,29)/t11-,12+,17+,18-/m1/s1. The first kappa shape index (κ1) is 20.8. The number of carbonyl (C=O) groups is 1. The van der Waals surface area contributed by atoms with E-state index >= 15 is 0 Å². The summed E-state index contributed by atoms with van der Waals surface area (Å²) in [5.41, 5.74) is 9.81. The fourth-order valence-corrected chi connectivity index (χ4v) is 5.34. The van der Waals surface area contributed by atoms with Crippen molar-refractivity contribution in [2.75, 3.05) is 31.4 Å². The first-order valence-corrected chi connectivity index (χ1v) is 11.3. The van der Waals surface area contributed by atoms with Gasteiger partial charge in [0.05, 0.1) is 28.8 Å². The van der Waals surface area contributed by atoms with Crippen LogP contribution in [0.15, 0.2) is 41.0 Å². The van der Waals surface area contributed by atoms with Crippen molar-refractivity contribution in [3.05, 3.63) is 41.0 Å². The molecule has 1 amide bonds. The Morgan fingerprint density at radius 1 is 1.31 bits per heavy atom. The van der Waals surface area contributed by atoms with Gasteiger partial charge in [-0.15, -0.1) is 0 Å². The summed E-state index contributed by atoms with van der Waals surface area (Å²) in [5.74, 6) is 1.35. The predicted molar refractivity (Wildman–Crippen MR) is 129 cm³/mol. The van der Waals surface area contributed by atoms with Crippen molar-refractivity contribution in [1.82, 2.24) is 15.0 Å². The number of fused-ring (bicyclic) bond motifs is 3. The van der Waals surface area contributed by atoms with E-state index in [4.69, 9.17) is 15.5 Å². The van der Waals surface area contributed by atoms with Crippen LogP contribution in [0.2, 0.25) is 0 Å². The van der Waals surface area contributed by atoms with Gasteiger partial charge in [0.15, 0.2) is 5.65 Å². The zero-order valence-corrected chi connectivity index (χ0v) is 19.7. The molecule has 9 heteroatoms. The molecule has 5 rings (SSSR count). The number of imidazole rings is 1. The number of nitrogens with zero attached hydrogens (tertiary/aromatic N) is 3. The smallest absolute Gasteiger partial charge is 0.223 e. The molecule has 166 valence electrons. The van der Waals surface area contributed by atoms with Crippen LogP contribution in [-0.4, -0.2) is 48.1 Å². The first-order valence-electron chi connectivity index (χ1n) is 10.5. The van der Waals surface area contributed by atoms with E-state index in [1.165, 1.54) is 0 Å². The lowest BCUT2D eigenvalue weighted by Gasteiger charge is -2.28. The lowest BCUT2D eigenvalue weighted by molar-refractivity contribution is -0.122. The molecule has 1 saturated carbocycles. The molecule has 0 spiro atoms. The van der Waals surface area contributed by atoms with Gasteiger partial charge in [-0.1, -0.05) is 12.2 Å². The molecule has 0 saturated heterocycles. The molecule has 8 nitrogen and oxygen atoms in total. The van der Waals surface area contributed by atoms with E-state index in [1.807, 2.05) is 37.2 Å². The average Bonchev–Trinajstić information content (AvgIpc) is 3.49. The molecular weight excluding hydrogens is 472 g/mol. The maximum atomic E-state index is 12.2. The highest BCUT2D eigenvalue weighted by molar-refractivity contribution is 9.10. The minimum Gasteiger partial charge on any atom is -0.496 e. The van der Waals surface area contributed by atoms with Gasteiger partial charge in [0.2, 0.25) is 5.91 Å². The molecule has 3 aromatic rings. The Morgan fingerprint density at radius 2 is 2.09 bits per heavy atom. The van der Waals surface area contributed by atoms with Crippen LogP contribution in [0.4, 0.5) is 11.4 Å². The van der Waals surface area contributed by atoms with Crippen LogP contribution in [0.3, 0.4) is 0 Å². The molecule has 0 radical (unpaired) electrons. The van der Waals surface area contributed by atoms with Crippen LogP contribution in [0.25, 0.3) is 22.6 Å². The fraction of sp³-hybridized carbons (Fsp3) is 0.348. The maximum absolute atomic E-state index is 12.2. The lowest BCUT2D eigenvalue weighted by atomic mass is 9.88. The van der Waals surface area contributed by atoms with Gasteiger partial charge in [-0.3, -0.25) is 4.79 Å². The number of nitrogens with one attached hydrogen (secondary N) is 2. The molecule has 1 aromatic carbocycles. The van der Waals surface area contributed by atoms with E-state index in [1.54, 1.807) is 13.3 Å². The number of hydrogen-bond donors (Lipinski definition) is 3. The summed E-state index contributed by atoms with van der Waals surface area (Å²) in [4.78, 5) is 26.8. The summed E-state index contributed by atoms with van der Waals surface area (Å²) in [6.07, 6.45) is 6.97. The third-order valence-electron chi connectivity index (χ3n) is 6.53. The third-order valence-corrected chi connectivity index (χ3v) is 7.13. The number of benzene rings is 1. The van der Waals surface area contributed by atoms with E-state index in [-0.39, 0.29) is 29.7 Å². The Hall–Kier alpha value is -3.07. The largest absolute Gasteiger partial charge is 0.496 e. The molecule has 4 atom stereocenters. The number of halogens is 1. The molecule has 0 aliphatic heterocycles. The number of nitrogens with two attached hydrogens (primary N) is 1. The molecule has 2 bridgehead atoms. The second-order valence-electron chi connectivity index (χ2n) is 8.59. The summed E-state index contributed by atoms with van der Waals surface area (Å²) < 4.78 is 6.43. The Labute approximate surface area is 194 Å². The zero-order chi connectivity index (χ0) is 22.6. The van der Waals surface area contributed by atoms with Gasteiger partial charge in [0, 0.05) is 38.1 Å². The topological polar surface area (TPSA) is 109 Å². The minimum atomic E-state index is -0.267. The number of amides is 1. The molecule has 1 fully saturated rings. The number of carbonyl (C=O) groups excluding carboxylic acids is 1. The van der Waals surface area contributed by atoms with E-state index in [0.717, 1.165) is 39.1 Å². The van der Waals surface area contributed by atoms with Gasteiger partial charge in [0.25, 0.3) is 0 Å². The van der Waals surface area contributed by atoms with Gasteiger partial charge in [0.1, 0.15) is 17.1 Å². The molecule has 0 unspecified atom stereocenters. The van der Waals surface area contributed by atoms with Crippen LogP contribution >= 0.6 is 15.9 Å². The number of anilines is 2. The van der Waals surface area contributed by atoms with Crippen molar-refractivity contribution in [1.29, 1.82) is 0 Å². The Balaban J connectivity index is 1.56. The average molecular weight is 497 g/mol. The summed E-state index contributed by atoms with van der Waals surface area (Å²) in [6.45, 7) is 0. The normalized spacial score (nSPS) is 23.6. The molecular formula is C23H25BrN6O2.